The predicted octanol–water partition coefficient (Wildman–Crippen LogP) is 3.07. The molecule has 0 bridgehead atoms. The van der Waals surface area contributed by atoms with E-state index in [1.165, 1.54) is 24.3 Å². The maximum absolute atomic E-state index is 12.1. The van der Waals surface area contributed by atoms with E-state index in [1.807, 2.05) is 0 Å². The minimum absolute atomic E-state index is 0.0926. The van der Waals surface area contributed by atoms with Gasteiger partial charge in [-0.15, -0.1) is 0 Å². The van der Waals surface area contributed by atoms with Crippen LogP contribution in [0.3, 0.4) is 0 Å². The van der Waals surface area contributed by atoms with E-state index in [4.69, 9.17) is 0 Å². The van der Waals surface area contributed by atoms with Crippen LogP contribution in [0.1, 0.15) is 10.4 Å². The van der Waals surface area contributed by atoms with Crippen LogP contribution in [0.4, 0.5) is 5.69 Å². The number of rotatable bonds is 5. The lowest BCUT2D eigenvalue weighted by Gasteiger charge is -2.08. The lowest BCUT2D eigenvalue weighted by molar-refractivity contribution is 0.102. The summed E-state index contributed by atoms with van der Waals surface area (Å²) < 4.78 is 26.8. The molecule has 2 rings (SSSR count). The number of carbonyl (C=O) groups excluding carboxylic acids is 1. The van der Waals surface area contributed by atoms with Crippen molar-refractivity contribution in [1.29, 1.82) is 0 Å². The molecule has 0 aromatic heterocycles. The second kappa shape index (κ2) is 6.19. The number of Topliss-reactive ketones (excluding diaryl/α,β-unsaturated/α-hetero) is 1. The van der Waals surface area contributed by atoms with Crippen molar-refractivity contribution in [2.45, 2.75) is 4.90 Å². The summed E-state index contributed by atoms with van der Waals surface area (Å²) in [4.78, 5) is 11.6. The van der Waals surface area contributed by atoms with Crippen LogP contribution >= 0.6 is 15.9 Å². The summed E-state index contributed by atoms with van der Waals surface area (Å²) in [5, 5.41) is 0.210. The number of hydrogen-bond donors (Lipinski definition) is 1. The predicted molar refractivity (Wildman–Crippen MR) is 81.8 cm³/mol. The van der Waals surface area contributed by atoms with Gasteiger partial charge in [0.2, 0.25) is 0 Å². The average Bonchev–Trinajstić information content (AvgIpc) is 2.47. The topological polar surface area (TPSA) is 63.2 Å². The summed E-state index contributed by atoms with van der Waals surface area (Å²) in [5.74, 6) is -0.0926. The van der Waals surface area contributed by atoms with Crippen LogP contribution in [0.2, 0.25) is 0 Å². The fraction of sp³-hybridized carbons (Fsp3) is 0.0714. The minimum Gasteiger partial charge on any atom is -0.293 e. The first-order valence-corrected chi connectivity index (χ1v) is 8.40. The van der Waals surface area contributed by atoms with E-state index in [0.717, 1.165) is 0 Å². The van der Waals surface area contributed by atoms with E-state index in [9.17, 15) is 13.2 Å². The molecule has 0 aliphatic heterocycles. The summed E-state index contributed by atoms with van der Waals surface area (Å²) in [6.07, 6.45) is 0. The highest BCUT2D eigenvalue weighted by molar-refractivity contribution is 9.09. The lowest BCUT2D eigenvalue weighted by atomic mass is 10.2. The van der Waals surface area contributed by atoms with Gasteiger partial charge in [-0.05, 0) is 24.3 Å². The SMILES string of the molecule is O=C(CBr)c1ccc(S(=O)(=O)Nc2ccccc2)cc1. The third-order valence-electron chi connectivity index (χ3n) is 2.63. The Morgan fingerprint density at radius 3 is 2.15 bits per heavy atom. The number of sulfonamides is 1. The van der Waals surface area contributed by atoms with Crippen LogP contribution in [0.5, 0.6) is 0 Å². The van der Waals surface area contributed by atoms with E-state index in [1.54, 1.807) is 30.3 Å². The number of hydrogen-bond acceptors (Lipinski definition) is 3. The number of halogens is 1. The molecule has 0 unspecified atom stereocenters. The monoisotopic (exact) mass is 353 g/mol. The number of anilines is 1. The first-order valence-electron chi connectivity index (χ1n) is 5.80. The molecule has 2 aromatic rings. The van der Waals surface area contributed by atoms with Crippen LogP contribution in [-0.2, 0) is 10.0 Å². The van der Waals surface area contributed by atoms with Gasteiger partial charge in [-0.25, -0.2) is 8.42 Å². The summed E-state index contributed by atoms with van der Waals surface area (Å²) >= 11 is 3.07. The molecular weight excluding hydrogens is 342 g/mol. The Morgan fingerprint density at radius 2 is 1.60 bits per heavy atom. The average molecular weight is 354 g/mol. The molecule has 1 N–H and O–H groups in total. The highest BCUT2D eigenvalue weighted by Crippen LogP contribution is 2.16. The summed E-state index contributed by atoms with van der Waals surface area (Å²) in [6, 6.07) is 14.5. The maximum atomic E-state index is 12.1. The van der Waals surface area contributed by atoms with Gasteiger partial charge in [0.15, 0.2) is 5.78 Å². The second-order valence-electron chi connectivity index (χ2n) is 4.05. The minimum atomic E-state index is -3.64. The molecule has 0 aliphatic carbocycles. The maximum Gasteiger partial charge on any atom is 0.261 e. The molecule has 20 heavy (non-hydrogen) atoms. The molecule has 0 amide bonds. The summed E-state index contributed by atoms with van der Waals surface area (Å²) in [7, 11) is -3.64. The fourth-order valence-corrected chi connectivity index (χ4v) is 3.00. The molecule has 104 valence electrons. The second-order valence-corrected chi connectivity index (χ2v) is 6.30. The zero-order valence-electron chi connectivity index (χ0n) is 10.4. The Morgan fingerprint density at radius 1 is 1.00 bits per heavy atom. The smallest absolute Gasteiger partial charge is 0.261 e. The number of para-hydroxylation sites is 1. The quantitative estimate of drug-likeness (QED) is 0.663. The molecule has 0 spiro atoms. The normalized spacial score (nSPS) is 11.1. The molecule has 0 fully saturated rings. The van der Waals surface area contributed by atoms with Gasteiger partial charge in [0.25, 0.3) is 10.0 Å². The highest BCUT2D eigenvalue weighted by Gasteiger charge is 2.14. The van der Waals surface area contributed by atoms with Crippen LogP contribution in [0, 0.1) is 0 Å². The zero-order chi connectivity index (χ0) is 14.6. The van der Waals surface area contributed by atoms with Gasteiger partial charge >= 0.3 is 0 Å². The van der Waals surface area contributed by atoms with Gasteiger partial charge < -0.3 is 0 Å². The first-order chi connectivity index (χ1) is 9.53. The Labute approximate surface area is 126 Å². The van der Waals surface area contributed by atoms with Gasteiger partial charge in [0, 0.05) is 11.3 Å². The lowest BCUT2D eigenvalue weighted by Crippen LogP contribution is -2.13. The van der Waals surface area contributed by atoms with E-state index in [0.29, 0.717) is 11.3 Å². The van der Waals surface area contributed by atoms with Crippen molar-refractivity contribution in [3.63, 3.8) is 0 Å². The van der Waals surface area contributed by atoms with Gasteiger partial charge in [-0.2, -0.15) is 0 Å². The van der Waals surface area contributed by atoms with Crippen molar-refractivity contribution in [3.8, 4) is 0 Å². The number of carbonyl (C=O) groups is 1. The molecule has 4 nitrogen and oxygen atoms in total. The molecule has 2 aromatic carbocycles. The molecular formula is C14H12BrNO3S. The van der Waals surface area contributed by atoms with Crippen molar-refractivity contribution < 1.29 is 13.2 Å². The zero-order valence-corrected chi connectivity index (χ0v) is 12.8. The molecule has 0 radical (unpaired) electrons. The third kappa shape index (κ3) is 3.46. The van der Waals surface area contributed by atoms with Gasteiger partial charge in [0.1, 0.15) is 0 Å². The Balaban J connectivity index is 2.24. The number of benzene rings is 2. The Hall–Kier alpha value is -1.66. The largest absolute Gasteiger partial charge is 0.293 e. The van der Waals surface area contributed by atoms with Gasteiger partial charge in [-0.3, -0.25) is 9.52 Å². The molecule has 6 heteroatoms. The number of ketones is 1. The third-order valence-corrected chi connectivity index (χ3v) is 4.54. The van der Waals surface area contributed by atoms with Crippen molar-refractivity contribution in [2.75, 3.05) is 10.1 Å². The van der Waals surface area contributed by atoms with Gasteiger partial charge in [0.05, 0.1) is 10.2 Å². The van der Waals surface area contributed by atoms with Crippen LogP contribution in [0.15, 0.2) is 59.5 Å². The van der Waals surface area contributed by atoms with Crippen molar-refractivity contribution in [3.05, 3.63) is 60.2 Å². The number of nitrogens with one attached hydrogen (secondary N) is 1. The molecule has 0 atom stereocenters. The van der Waals surface area contributed by atoms with Crippen LogP contribution in [0.25, 0.3) is 0 Å². The van der Waals surface area contributed by atoms with E-state index < -0.39 is 10.0 Å². The Bertz CT molecular complexity index is 697. The molecule has 0 heterocycles. The fourth-order valence-electron chi connectivity index (χ4n) is 1.62. The summed E-state index contributed by atoms with van der Waals surface area (Å²) in [6.45, 7) is 0. The van der Waals surface area contributed by atoms with Crippen molar-refractivity contribution in [2.24, 2.45) is 0 Å². The highest BCUT2D eigenvalue weighted by atomic mass is 79.9. The van der Waals surface area contributed by atoms with Gasteiger partial charge in [-0.1, -0.05) is 46.3 Å². The van der Waals surface area contributed by atoms with E-state index in [-0.39, 0.29) is 16.0 Å². The van der Waals surface area contributed by atoms with E-state index >= 15 is 0 Å². The Kier molecular flexibility index (Phi) is 4.57. The van der Waals surface area contributed by atoms with Crippen LogP contribution < -0.4 is 4.72 Å². The molecule has 0 aliphatic rings. The van der Waals surface area contributed by atoms with Crippen molar-refractivity contribution in [1.82, 2.24) is 0 Å². The number of alkyl halides is 1. The van der Waals surface area contributed by atoms with Crippen molar-refractivity contribution >= 4 is 37.4 Å². The van der Waals surface area contributed by atoms with E-state index in [2.05, 4.69) is 20.7 Å². The summed E-state index contributed by atoms with van der Waals surface area (Å²) in [5.41, 5.74) is 0.966. The molecule has 0 saturated heterocycles. The standard InChI is InChI=1S/C14H12BrNO3S/c15-10-14(17)11-6-8-13(9-7-11)20(18,19)16-12-4-2-1-3-5-12/h1-9,16H,10H2. The van der Waals surface area contributed by atoms with Crippen LogP contribution in [-0.4, -0.2) is 19.5 Å². The molecule has 0 saturated carbocycles. The first kappa shape index (κ1) is 14.7.